The monoisotopic (exact) mass is 424 g/mol. The van der Waals surface area contributed by atoms with Crippen LogP contribution in [-0.2, 0) is 14.3 Å². The average Bonchev–Trinajstić information content (AvgIpc) is 2.59. The fourth-order valence-corrected chi connectivity index (χ4v) is 4.39. The van der Waals surface area contributed by atoms with Gasteiger partial charge in [-0.3, -0.25) is 9.59 Å². The number of carbonyl (C=O) groups excluding carboxylic acids is 2. The zero-order valence-electron chi connectivity index (χ0n) is 16.1. The maximum absolute atomic E-state index is 13.7. The molecular formula is C17H29FN2O5S2. The number of aliphatic carboxylic acids is 1. The predicted octanol–water partition coefficient (Wildman–Crippen LogP) is 2.95. The molecule has 1 aliphatic heterocycles. The maximum atomic E-state index is 13.7. The Morgan fingerprint density at radius 3 is 2.30 bits per heavy atom. The summed E-state index contributed by atoms with van der Waals surface area (Å²) in [5, 5.41) is 11.3. The maximum Gasteiger partial charge on any atom is 0.410 e. The van der Waals surface area contributed by atoms with E-state index in [0.29, 0.717) is 18.1 Å². The molecule has 7 nitrogen and oxygen atoms in total. The van der Waals surface area contributed by atoms with Gasteiger partial charge in [-0.05, 0) is 33.6 Å². The molecule has 27 heavy (non-hydrogen) atoms. The lowest BCUT2D eigenvalue weighted by Gasteiger charge is -2.39. The second-order valence-electron chi connectivity index (χ2n) is 7.42. The van der Waals surface area contributed by atoms with E-state index in [1.54, 1.807) is 20.8 Å². The molecule has 0 aliphatic carbocycles. The molecule has 0 saturated carbocycles. The molecule has 0 aromatic heterocycles. The van der Waals surface area contributed by atoms with Crippen LogP contribution in [0.4, 0.5) is 9.18 Å². The molecule has 10 heteroatoms. The molecule has 1 rings (SSSR count). The highest BCUT2D eigenvalue weighted by molar-refractivity contribution is 8.76. The lowest BCUT2D eigenvalue weighted by Crippen LogP contribution is -2.52. The number of nitrogens with zero attached hydrogens (tertiary/aromatic N) is 1. The molecule has 0 atom stereocenters. The summed E-state index contributed by atoms with van der Waals surface area (Å²) < 4.78 is 19.0. The van der Waals surface area contributed by atoms with Crippen molar-refractivity contribution in [2.75, 3.05) is 37.8 Å². The van der Waals surface area contributed by atoms with E-state index in [9.17, 15) is 18.8 Å². The zero-order chi connectivity index (χ0) is 20.5. The summed E-state index contributed by atoms with van der Waals surface area (Å²) in [5.74, 6) is -0.0466. The van der Waals surface area contributed by atoms with Gasteiger partial charge in [-0.1, -0.05) is 21.6 Å². The van der Waals surface area contributed by atoms with E-state index in [1.165, 1.54) is 26.5 Å². The molecular weight excluding hydrogens is 395 g/mol. The molecule has 0 aromatic rings. The van der Waals surface area contributed by atoms with Crippen molar-refractivity contribution in [2.45, 2.75) is 45.6 Å². The molecule has 0 aromatic carbocycles. The number of hydrogen-bond acceptors (Lipinski definition) is 6. The van der Waals surface area contributed by atoms with Crippen molar-refractivity contribution in [3.63, 3.8) is 0 Å². The van der Waals surface area contributed by atoms with E-state index in [4.69, 9.17) is 9.84 Å². The summed E-state index contributed by atoms with van der Waals surface area (Å²) in [7, 11) is 2.91. The van der Waals surface area contributed by atoms with Crippen molar-refractivity contribution in [3.05, 3.63) is 0 Å². The summed E-state index contributed by atoms with van der Waals surface area (Å²) in [6, 6.07) is 0. The van der Waals surface area contributed by atoms with Crippen LogP contribution in [0.3, 0.4) is 0 Å². The van der Waals surface area contributed by atoms with Gasteiger partial charge in [-0.2, -0.15) is 0 Å². The molecule has 156 valence electrons. The topological polar surface area (TPSA) is 95.9 Å². The fraction of sp³-hybridized carbons (Fsp3) is 0.824. The minimum absolute atomic E-state index is 0.100. The Hall–Kier alpha value is -1.16. The number of hydrogen-bond donors (Lipinski definition) is 2. The predicted molar refractivity (Wildman–Crippen MR) is 106 cm³/mol. The standard InChI is InChI=1S/C17H29FN2O5S2/c1-16(2,3)25-15(24)20-8-5-17(12-18,6-9-20)14(23)19-7-11-27-26-10-4-13(21)22/h4-12H2,1-3H3,(H,19,23)(H,21,22). The van der Waals surface area contributed by atoms with E-state index in [-0.39, 0.29) is 38.3 Å². The minimum atomic E-state index is -1.10. The number of ether oxygens (including phenoxy) is 1. The van der Waals surface area contributed by atoms with E-state index in [1.807, 2.05) is 0 Å². The molecule has 0 unspecified atom stereocenters. The second-order valence-corrected chi connectivity index (χ2v) is 10.1. The van der Waals surface area contributed by atoms with Gasteiger partial charge in [0.15, 0.2) is 0 Å². The van der Waals surface area contributed by atoms with Crippen LogP contribution in [-0.4, -0.2) is 71.4 Å². The third-order valence-electron chi connectivity index (χ3n) is 4.06. The van der Waals surface area contributed by atoms with Gasteiger partial charge < -0.3 is 20.1 Å². The number of rotatable bonds is 9. The van der Waals surface area contributed by atoms with E-state index >= 15 is 0 Å². The number of piperidine rings is 1. The summed E-state index contributed by atoms with van der Waals surface area (Å²) in [4.78, 5) is 36.5. The first-order valence-electron chi connectivity index (χ1n) is 8.88. The number of likely N-dealkylation sites (tertiary alicyclic amines) is 1. The largest absolute Gasteiger partial charge is 0.481 e. The van der Waals surface area contributed by atoms with Crippen molar-refractivity contribution < 1.29 is 28.6 Å². The van der Waals surface area contributed by atoms with Gasteiger partial charge in [0.2, 0.25) is 5.91 Å². The molecule has 1 fully saturated rings. The second kappa shape index (κ2) is 11.0. The van der Waals surface area contributed by atoms with Gasteiger partial charge >= 0.3 is 12.1 Å². The first-order valence-corrected chi connectivity index (χ1v) is 11.4. The average molecular weight is 425 g/mol. The zero-order valence-corrected chi connectivity index (χ0v) is 17.7. The SMILES string of the molecule is CC(C)(C)OC(=O)N1CCC(CF)(C(=O)NCCSSCCC(=O)O)CC1. The fourth-order valence-electron chi connectivity index (χ4n) is 2.51. The number of halogens is 1. The summed E-state index contributed by atoms with van der Waals surface area (Å²) in [6.07, 6.45) is 0.179. The molecule has 0 spiro atoms. The van der Waals surface area contributed by atoms with E-state index in [0.717, 1.165) is 0 Å². The van der Waals surface area contributed by atoms with Crippen molar-refractivity contribution >= 4 is 39.6 Å². The smallest absolute Gasteiger partial charge is 0.410 e. The Morgan fingerprint density at radius 1 is 1.19 bits per heavy atom. The highest BCUT2D eigenvalue weighted by Crippen LogP contribution is 2.33. The summed E-state index contributed by atoms with van der Waals surface area (Å²) in [5.41, 5.74) is -1.69. The Bertz CT molecular complexity index is 520. The van der Waals surface area contributed by atoms with E-state index in [2.05, 4.69) is 5.32 Å². The number of alkyl halides is 1. The third-order valence-corrected chi connectivity index (χ3v) is 6.47. The van der Waals surface area contributed by atoms with Crippen LogP contribution in [0.25, 0.3) is 0 Å². The molecule has 0 bridgehead atoms. The highest BCUT2D eigenvalue weighted by atomic mass is 33.1. The van der Waals surface area contributed by atoms with Crippen LogP contribution in [0.5, 0.6) is 0 Å². The van der Waals surface area contributed by atoms with Gasteiger partial charge in [0.25, 0.3) is 0 Å². The Labute approximate surface area is 167 Å². The van der Waals surface area contributed by atoms with Crippen molar-refractivity contribution in [2.24, 2.45) is 5.41 Å². The molecule has 0 radical (unpaired) electrons. The van der Waals surface area contributed by atoms with Gasteiger partial charge in [-0.15, -0.1) is 0 Å². The summed E-state index contributed by atoms with van der Waals surface area (Å²) in [6.45, 7) is 5.55. The summed E-state index contributed by atoms with van der Waals surface area (Å²) >= 11 is 0. The molecule has 2 N–H and O–H groups in total. The molecule has 1 heterocycles. The van der Waals surface area contributed by atoms with Gasteiger partial charge in [0.05, 0.1) is 11.8 Å². The quantitative estimate of drug-likeness (QED) is 0.434. The van der Waals surface area contributed by atoms with Crippen molar-refractivity contribution in [3.8, 4) is 0 Å². The minimum Gasteiger partial charge on any atom is -0.481 e. The van der Waals surface area contributed by atoms with Gasteiger partial charge in [0, 0.05) is 31.1 Å². The van der Waals surface area contributed by atoms with Crippen LogP contribution >= 0.6 is 21.6 Å². The molecule has 1 saturated heterocycles. The Morgan fingerprint density at radius 2 is 1.78 bits per heavy atom. The number of amides is 2. The van der Waals surface area contributed by atoms with E-state index < -0.39 is 29.8 Å². The normalized spacial score (nSPS) is 16.7. The number of carboxylic acids is 1. The van der Waals surface area contributed by atoms with Gasteiger partial charge in [0.1, 0.15) is 12.3 Å². The first-order chi connectivity index (χ1) is 12.6. The van der Waals surface area contributed by atoms with Crippen molar-refractivity contribution in [1.82, 2.24) is 10.2 Å². The third kappa shape index (κ3) is 8.59. The molecule has 2 amide bonds. The lowest BCUT2D eigenvalue weighted by molar-refractivity contribution is -0.136. The first kappa shape index (κ1) is 23.9. The number of carbonyl (C=O) groups is 3. The molecule has 1 aliphatic rings. The van der Waals surface area contributed by atoms with Crippen LogP contribution in [0.1, 0.15) is 40.0 Å². The number of carboxylic acid groups (broad SMARTS) is 1. The number of nitrogens with one attached hydrogen (secondary N) is 1. The van der Waals surface area contributed by atoms with Crippen LogP contribution in [0.2, 0.25) is 0 Å². The van der Waals surface area contributed by atoms with Crippen LogP contribution in [0.15, 0.2) is 0 Å². The van der Waals surface area contributed by atoms with Gasteiger partial charge in [-0.25, -0.2) is 9.18 Å². The highest BCUT2D eigenvalue weighted by Gasteiger charge is 2.43. The Balaban J connectivity index is 2.36. The Kier molecular flexibility index (Phi) is 9.72. The lowest BCUT2D eigenvalue weighted by atomic mass is 9.78. The van der Waals surface area contributed by atoms with Crippen molar-refractivity contribution in [1.29, 1.82) is 0 Å². The van der Waals surface area contributed by atoms with Crippen LogP contribution in [0, 0.1) is 5.41 Å². The van der Waals surface area contributed by atoms with Crippen LogP contribution < -0.4 is 5.32 Å².